The summed E-state index contributed by atoms with van der Waals surface area (Å²) >= 11 is 0. The number of aromatic nitrogens is 2. The van der Waals surface area contributed by atoms with Crippen molar-refractivity contribution in [3.63, 3.8) is 0 Å². The first-order valence-electron chi connectivity index (χ1n) is 8.02. The fourth-order valence-electron chi connectivity index (χ4n) is 2.49. The third-order valence-corrected chi connectivity index (χ3v) is 3.84. The summed E-state index contributed by atoms with van der Waals surface area (Å²) in [5.74, 6) is 0.440. The van der Waals surface area contributed by atoms with E-state index in [4.69, 9.17) is 4.74 Å². The third-order valence-electron chi connectivity index (χ3n) is 3.84. The maximum absolute atomic E-state index is 11.6. The Kier molecular flexibility index (Phi) is 4.79. The minimum Gasteiger partial charge on any atom is -0.434 e. The highest BCUT2D eigenvalue weighted by atomic mass is 16.6. The molecule has 7 heteroatoms. The molecular formula is C19H18N4O3. The molecule has 1 N–H and O–H groups in total. The third kappa shape index (κ3) is 3.77. The van der Waals surface area contributed by atoms with Crippen LogP contribution in [-0.4, -0.2) is 14.9 Å². The molecule has 3 aromatic rings. The van der Waals surface area contributed by atoms with Gasteiger partial charge in [-0.1, -0.05) is 35.4 Å². The van der Waals surface area contributed by atoms with Crippen molar-refractivity contribution in [3.8, 4) is 11.6 Å². The quantitative estimate of drug-likeness (QED) is 0.523. The van der Waals surface area contributed by atoms with Gasteiger partial charge in [0.15, 0.2) is 0 Å². The lowest BCUT2D eigenvalue weighted by atomic mass is 10.1. The van der Waals surface area contributed by atoms with Gasteiger partial charge in [-0.25, -0.2) is 4.98 Å². The molecule has 1 heterocycles. The first-order valence-corrected chi connectivity index (χ1v) is 8.02. The molecule has 7 nitrogen and oxygen atoms in total. The predicted octanol–water partition coefficient (Wildman–Crippen LogP) is 4.85. The Balaban J connectivity index is 1.98. The van der Waals surface area contributed by atoms with Gasteiger partial charge in [0.2, 0.25) is 5.82 Å². The molecule has 0 amide bonds. The van der Waals surface area contributed by atoms with Crippen molar-refractivity contribution in [3.05, 3.63) is 75.6 Å². The van der Waals surface area contributed by atoms with Gasteiger partial charge in [-0.15, -0.1) is 0 Å². The highest BCUT2D eigenvalue weighted by Crippen LogP contribution is 2.36. The lowest BCUT2D eigenvalue weighted by Gasteiger charge is -2.11. The summed E-state index contributed by atoms with van der Waals surface area (Å²) in [6.07, 6.45) is 1.24. The molecule has 0 aliphatic carbocycles. The van der Waals surface area contributed by atoms with Gasteiger partial charge in [0.1, 0.15) is 12.1 Å². The van der Waals surface area contributed by atoms with Crippen LogP contribution in [-0.2, 0) is 0 Å². The summed E-state index contributed by atoms with van der Waals surface area (Å²) in [5.41, 5.74) is 3.55. The van der Waals surface area contributed by atoms with Gasteiger partial charge < -0.3 is 10.1 Å². The summed E-state index contributed by atoms with van der Waals surface area (Å²) in [7, 11) is 0. The van der Waals surface area contributed by atoms with Crippen LogP contribution in [0.1, 0.15) is 16.7 Å². The van der Waals surface area contributed by atoms with Crippen LogP contribution in [0.2, 0.25) is 0 Å². The monoisotopic (exact) mass is 350 g/mol. The number of ether oxygens (including phenoxy) is 1. The zero-order valence-electron chi connectivity index (χ0n) is 14.7. The molecule has 3 rings (SSSR count). The molecule has 0 spiro atoms. The number of nitrogens with one attached hydrogen (secondary N) is 1. The van der Waals surface area contributed by atoms with Crippen molar-refractivity contribution in [2.75, 3.05) is 5.32 Å². The zero-order chi connectivity index (χ0) is 18.7. The SMILES string of the molecule is Cc1ccc(Oc2ncnc(Nc3ccc(C)cc3C)c2[N+](=O)[O-])cc1. The number of aryl methyl sites for hydroxylation is 3. The van der Waals surface area contributed by atoms with Crippen LogP contribution in [0.5, 0.6) is 11.6 Å². The first-order chi connectivity index (χ1) is 12.4. The Morgan fingerprint density at radius 2 is 1.69 bits per heavy atom. The maximum Gasteiger partial charge on any atom is 0.373 e. The molecule has 0 fully saturated rings. The second-order valence-electron chi connectivity index (χ2n) is 5.99. The lowest BCUT2D eigenvalue weighted by molar-refractivity contribution is -0.385. The topological polar surface area (TPSA) is 90.2 Å². The predicted molar refractivity (Wildman–Crippen MR) is 99.1 cm³/mol. The molecule has 0 unspecified atom stereocenters. The highest BCUT2D eigenvalue weighted by Gasteiger charge is 2.25. The van der Waals surface area contributed by atoms with Gasteiger partial charge in [-0.3, -0.25) is 10.1 Å². The number of nitrogens with zero attached hydrogens (tertiary/aromatic N) is 3. The van der Waals surface area contributed by atoms with Crippen molar-refractivity contribution in [2.24, 2.45) is 0 Å². The van der Waals surface area contributed by atoms with E-state index >= 15 is 0 Å². The van der Waals surface area contributed by atoms with E-state index in [9.17, 15) is 10.1 Å². The van der Waals surface area contributed by atoms with E-state index in [0.717, 1.165) is 22.4 Å². The molecule has 132 valence electrons. The van der Waals surface area contributed by atoms with Crippen molar-refractivity contribution >= 4 is 17.2 Å². The van der Waals surface area contributed by atoms with Crippen LogP contribution in [0.15, 0.2) is 48.8 Å². The number of benzene rings is 2. The van der Waals surface area contributed by atoms with Crippen LogP contribution >= 0.6 is 0 Å². The van der Waals surface area contributed by atoms with Crippen LogP contribution in [0.4, 0.5) is 17.2 Å². The van der Waals surface area contributed by atoms with Gasteiger partial charge in [-0.2, -0.15) is 4.98 Å². The molecule has 0 saturated heterocycles. The van der Waals surface area contributed by atoms with Crippen molar-refractivity contribution in [1.29, 1.82) is 0 Å². The Morgan fingerprint density at radius 1 is 1.00 bits per heavy atom. The maximum atomic E-state index is 11.6. The van der Waals surface area contributed by atoms with E-state index in [-0.39, 0.29) is 17.4 Å². The van der Waals surface area contributed by atoms with Crippen LogP contribution in [0.25, 0.3) is 0 Å². The molecule has 1 aromatic heterocycles. The van der Waals surface area contributed by atoms with Gasteiger partial charge in [-0.05, 0) is 44.5 Å². The highest BCUT2D eigenvalue weighted by molar-refractivity contribution is 5.70. The van der Waals surface area contributed by atoms with E-state index in [2.05, 4.69) is 15.3 Å². The molecule has 26 heavy (non-hydrogen) atoms. The van der Waals surface area contributed by atoms with Crippen LogP contribution < -0.4 is 10.1 Å². The van der Waals surface area contributed by atoms with Gasteiger partial charge in [0, 0.05) is 5.69 Å². The molecular weight excluding hydrogens is 332 g/mol. The second-order valence-corrected chi connectivity index (χ2v) is 5.99. The van der Waals surface area contributed by atoms with Crippen LogP contribution in [0.3, 0.4) is 0 Å². The Morgan fingerprint density at radius 3 is 2.35 bits per heavy atom. The van der Waals surface area contributed by atoms with Gasteiger partial charge in [0.25, 0.3) is 0 Å². The normalized spacial score (nSPS) is 10.4. The minimum absolute atomic E-state index is 0.0825. The second kappa shape index (κ2) is 7.18. The standard InChI is InChI=1S/C19H18N4O3/c1-12-4-7-15(8-5-12)26-19-17(23(24)25)18(20-11-21-19)22-16-9-6-13(2)10-14(16)3/h4-11H,1-3H3,(H,20,21,22). The molecule has 0 saturated carbocycles. The fraction of sp³-hybridized carbons (Fsp3) is 0.158. The minimum atomic E-state index is -0.546. The van der Waals surface area contributed by atoms with E-state index in [1.165, 1.54) is 6.33 Å². The van der Waals surface area contributed by atoms with Crippen molar-refractivity contribution < 1.29 is 9.66 Å². The summed E-state index contributed by atoms with van der Waals surface area (Å²) < 4.78 is 5.62. The molecule has 2 aromatic carbocycles. The zero-order valence-corrected chi connectivity index (χ0v) is 14.7. The Bertz CT molecular complexity index is 955. The molecule has 0 aliphatic heterocycles. The van der Waals surface area contributed by atoms with Crippen molar-refractivity contribution in [2.45, 2.75) is 20.8 Å². The number of rotatable bonds is 5. The Labute approximate surface area is 150 Å². The first kappa shape index (κ1) is 17.3. The largest absolute Gasteiger partial charge is 0.434 e. The number of anilines is 2. The molecule has 0 radical (unpaired) electrons. The van der Waals surface area contributed by atoms with E-state index in [0.29, 0.717) is 5.75 Å². The smallest absolute Gasteiger partial charge is 0.373 e. The summed E-state index contributed by atoms with van der Waals surface area (Å²) in [5, 5.41) is 14.6. The van der Waals surface area contributed by atoms with Crippen molar-refractivity contribution in [1.82, 2.24) is 9.97 Å². The van der Waals surface area contributed by atoms with Gasteiger partial charge >= 0.3 is 11.6 Å². The van der Waals surface area contributed by atoms with E-state index in [1.807, 2.05) is 51.1 Å². The molecule has 0 atom stereocenters. The average Bonchev–Trinajstić information content (AvgIpc) is 2.59. The molecule has 0 bridgehead atoms. The Hall–Kier alpha value is -3.48. The van der Waals surface area contributed by atoms with Crippen LogP contribution in [0, 0.1) is 30.9 Å². The number of hydrogen-bond acceptors (Lipinski definition) is 6. The summed E-state index contributed by atoms with van der Waals surface area (Å²) in [6, 6.07) is 13.0. The van der Waals surface area contributed by atoms with Gasteiger partial charge in [0.05, 0.1) is 4.92 Å². The fourth-order valence-corrected chi connectivity index (χ4v) is 2.49. The average molecular weight is 350 g/mol. The summed E-state index contributed by atoms with van der Waals surface area (Å²) in [4.78, 5) is 19.0. The molecule has 0 aliphatic rings. The number of hydrogen-bond donors (Lipinski definition) is 1. The van der Waals surface area contributed by atoms with E-state index in [1.54, 1.807) is 12.1 Å². The number of nitro groups is 1. The van der Waals surface area contributed by atoms with E-state index < -0.39 is 4.92 Å². The summed E-state index contributed by atoms with van der Waals surface area (Å²) in [6.45, 7) is 5.85. The lowest BCUT2D eigenvalue weighted by Crippen LogP contribution is -2.04.